The van der Waals surface area contributed by atoms with Gasteiger partial charge in [-0.3, -0.25) is 0 Å². The zero-order valence-corrected chi connectivity index (χ0v) is 10.9. The summed E-state index contributed by atoms with van der Waals surface area (Å²) in [7, 11) is 3.97. The number of anilines is 1. The fraction of sp³-hybridized carbons (Fsp3) is 0.615. The van der Waals surface area contributed by atoms with E-state index in [1.807, 2.05) is 38.9 Å². The molecule has 0 aromatic carbocycles. The number of nitrogens with zero attached hydrogens (tertiary/aromatic N) is 2. The molecule has 0 bridgehead atoms. The Bertz CT molecular complexity index is 387. The van der Waals surface area contributed by atoms with E-state index >= 15 is 0 Å². The van der Waals surface area contributed by atoms with Crippen LogP contribution in [-0.2, 0) is 0 Å². The standard InChI is InChI=1S/C13H20N2O2/c1-9(2)16-13-7-12(17-10-5-6-10)11(8-14-13)15(3)4/h7-10H,5-6H2,1-4H3. The van der Waals surface area contributed by atoms with Crippen LogP contribution in [0.1, 0.15) is 26.7 Å². The highest BCUT2D eigenvalue weighted by Gasteiger charge is 2.25. The molecule has 0 spiro atoms. The molecule has 1 heterocycles. The molecular formula is C13H20N2O2. The molecule has 0 amide bonds. The first kappa shape index (κ1) is 12.0. The van der Waals surface area contributed by atoms with Crippen LogP contribution in [0.25, 0.3) is 0 Å². The molecule has 1 aliphatic rings. The van der Waals surface area contributed by atoms with Crippen molar-refractivity contribution < 1.29 is 9.47 Å². The second kappa shape index (κ2) is 4.82. The van der Waals surface area contributed by atoms with Crippen LogP contribution in [0, 0.1) is 0 Å². The average molecular weight is 236 g/mol. The normalized spacial score (nSPS) is 14.9. The molecule has 0 unspecified atom stereocenters. The van der Waals surface area contributed by atoms with Gasteiger partial charge < -0.3 is 14.4 Å². The molecule has 2 rings (SSSR count). The third-order valence-electron chi connectivity index (χ3n) is 2.48. The number of hydrogen-bond acceptors (Lipinski definition) is 4. The van der Waals surface area contributed by atoms with Crippen LogP contribution in [0.5, 0.6) is 11.6 Å². The third-order valence-corrected chi connectivity index (χ3v) is 2.48. The summed E-state index contributed by atoms with van der Waals surface area (Å²) in [5, 5.41) is 0. The molecule has 17 heavy (non-hydrogen) atoms. The summed E-state index contributed by atoms with van der Waals surface area (Å²) in [5.74, 6) is 1.49. The number of ether oxygens (including phenoxy) is 2. The Hall–Kier alpha value is -1.45. The Balaban J connectivity index is 2.21. The summed E-state index contributed by atoms with van der Waals surface area (Å²) < 4.78 is 11.5. The lowest BCUT2D eigenvalue weighted by atomic mass is 10.3. The molecule has 94 valence electrons. The summed E-state index contributed by atoms with van der Waals surface area (Å²) in [6.45, 7) is 3.98. The van der Waals surface area contributed by atoms with Crippen molar-refractivity contribution in [1.29, 1.82) is 0 Å². The Morgan fingerprint density at radius 3 is 2.59 bits per heavy atom. The molecular weight excluding hydrogens is 216 g/mol. The summed E-state index contributed by atoms with van der Waals surface area (Å²) in [6.07, 6.45) is 4.60. The lowest BCUT2D eigenvalue weighted by Gasteiger charge is -2.18. The van der Waals surface area contributed by atoms with Crippen molar-refractivity contribution >= 4 is 5.69 Å². The van der Waals surface area contributed by atoms with Crippen LogP contribution in [0.3, 0.4) is 0 Å². The average Bonchev–Trinajstić information content (AvgIpc) is 3.00. The molecule has 0 atom stereocenters. The minimum absolute atomic E-state index is 0.126. The Morgan fingerprint density at radius 2 is 2.06 bits per heavy atom. The van der Waals surface area contributed by atoms with Gasteiger partial charge in [-0.1, -0.05) is 0 Å². The van der Waals surface area contributed by atoms with Gasteiger partial charge in [0.05, 0.1) is 24.1 Å². The smallest absolute Gasteiger partial charge is 0.217 e. The van der Waals surface area contributed by atoms with Crippen molar-refractivity contribution in [2.45, 2.75) is 38.9 Å². The first-order chi connectivity index (χ1) is 8.06. The van der Waals surface area contributed by atoms with Crippen molar-refractivity contribution in [3.63, 3.8) is 0 Å². The van der Waals surface area contributed by atoms with E-state index < -0.39 is 0 Å². The van der Waals surface area contributed by atoms with E-state index in [0.717, 1.165) is 24.3 Å². The first-order valence-electron chi connectivity index (χ1n) is 6.07. The van der Waals surface area contributed by atoms with Crippen LogP contribution < -0.4 is 14.4 Å². The zero-order valence-electron chi connectivity index (χ0n) is 10.9. The predicted molar refractivity (Wildman–Crippen MR) is 68.0 cm³/mol. The van der Waals surface area contributed by atoms with E-state index in [1.165, 1.54) is 0 Å². The van der Waals surface area contributed by atoms with Crippen molar-refractivity contribution in [3.8, 4) is 11.6 Å². The number of pyridine rings is 1. The molecule has 1 aliphatic carbocycles. The van der Waals surface area contributed by atoms with Gasteiger partial charge in [0.25, 0.3) is 0 Å². The summed E-state index contributed by atoms with van der Waals surface area (Å²) in [5.41, 5.74) is 0.994. The fourth-order valence-corrected chi connectivity index (χ4v) is 1.51. The maximum Gasteiger partial charge on any atom is 0.217 e. The van der Waals surface area contributed by atoms with Gasteiger partial charge in [0.2, 0.25) is 5.88 Å². The van der Waals surface area contributed by atoms with Crippen LogP contribution >= 0.6 is 0 Å². The highest BCUT2D eigenvalue weighted by molar-refractivity contribution is 5.57. The minimum atomic E-state index is 0.126. The van der Waals surface area contributed by atoms with Crippen LogP contribution in [0.4, 0.5) is 5.69 Å². The predicted octanol–water partition coefficient (Wildman–Crippen LogP) is 2.48. The lowest BCUT2D eigenvalue weighted by Crippen LogP contribution is -2.13. The molecule has 0 N–H and O–H groups in total. The summed E-state index contributed by atoms with van der Waals surface area (Å²) in [4.78, 5) is 6.29. The SMILES string of the molecule is CC(C)Oc1cc(OC2CC2)c(N(C)C)cn1. The van der Waals surface area contributed by atoms with Gasteiger partial charge in [-0.05, 0) is 26.7 Å². The molecule has 1 fully saturated rings. The van der Waals surface area contributed by atoms with Gasteiger partial charge >= 0.3 is 0 Å². The quantitative estimate of drug-likeness (QED) is 0.786. The molecule has 1 saturated carbocycles. The van der Waals surface area contributed by atoms with Gasteiger partial charge in [0, 0.05) is 20.2 Å². The van der Waals surface area contributed by atoms with E-state index in [-0.39, 0.29) is 6.10 Å². The molecule has 0 aliphatic heterocycles. The zero-order chi connectivity index (χ0) is 12.4. The monoisotopic (exact) mass is 236 g/mol. The second-order valence-corrected chi connectivity index (χ2v) is 4.87. The maximum absolute atomic E-state index is 5.88. The number of aromatic nitrogens is 1. The minimum Gasteiger partial charge on any atom is -0.488 e. The van der Waals surface area contributed by atoms with E-state index in [4.69, 9.17) is 9.47 Å². The molecule has 1 aromatic rings. The Kier molecular flexibility index (Phi) is 3.41. The van der Waals surface area contributed by atoms with Crippen LogP contribution in [-0.4, -0.2) is 31.3 Å². The maximum atomic E-state index is 5.88. The molecule has 4 heteroatoms. The van der Waals surface area contributed by atoms with Crippen molar-refractivity contribution in [1.82, 2.24) is 4.98 Å². The highest BCUT2D eigenvalue weighted by Crippen LogP contribution is 2.35. The molecule has 0 saturated heterocycles. The van der Waals surface area contributed by atoms with Gasteiger partial charge in [-0.15, -0.1) is 0 Å². The number of rotatable bonds is 5. The van der Waals surface area contributed by atoms with Gasteiger partial charge in [0.1, 0.15) is 5.75 Å². The number of hydrogen-bond donors (Lipinski definition) is 0. The van der Waals surface area contributed by atoms with Crippen molar-refractivity contribution in [2.24, 2.45) is 0 Å². The second-order valence-electron chi connectivity index (χ2n) is 4.87. The summed E-state index contributed by atoms with van der Waals surface area (Å²) in [6, 6.07) is 1.88. The molecule has 4 nitrogen and oxygen atoms in total. The van der Waals surface area contributed by atoms with Crippen molar-refractivity contribution in [2.75, 3.05) is 19.0 Å². The third kappa shape index (κ3) is 3.25. The Labute approximate surface area is 103 Å². The molecule has 1 aromatic heterocycles. The van der Waals surface area contributed by atoms with Gasteiger partial charge in [0.15, 0.2) is 0 Å². The topological polar surface area (TPSA) is 34.6 Å². The fourth-order valence-electron chi connectivity index (χ4n) is 1.51. The van der Waals surface area contributed by atoms with E-state index in [0.29, 0.717) is 12.0 Å². The van der Waals surface area contributed by atoms with Gasteiger partial charge in [-0.2, -0.15) is 0 Å². The van der Waals surface area contributed by atoms with E-state index in [2.05, 4.69) is 4.98 Å². The molecule has 0 radical (unpaired) electrons. The summed E-state index contributed by atoms with van der Waals surface area (Å²) >= 11 is 0. The van der Waals surface area contributed by atoms with Crippen LogP contribution in [0.15, 0.2) is 12.3 Å². The van der Waals surface area contributed by atoms with Gasteiger partial charge in [-0.25, -0.2) is 4.98 Å². The van der Waals surface area contributed by atoms with E-state index in [9.17, 15) is 0 Å². The van der Waals surface area contributed by atoms with Crippen LogP contribution in [0.2, 0.25) is 0 Å². The lowest BCUT2D eigenvalue weighted by molar-refractivity contribution is 0.229. The Morgan fingerprint density at radius 1 is 1.35 bits per heavy atom. The largest absolute Gasteiger partial charge is 0.488 e. The highest BCUT2D eigenvalue weighted by atomic mass is 16.5. The van der Waals surface area contributed by atoms with E-state index in [1.54, 1.807) is 6.20 Å². The van der Waals surface area contributed by atoms with Crippen molar-refractivity contribution in [3.05, 3.63) is 12.3 Å². The first-order valence-corrected chi connectivity index (χ1v) is 6.07.